The molecule has 1 rings (SSSR count). The van der Waals surface area contributed by atoms with Crippen molar-refractivity contribution in [2.24, 2.45) is 0 Å². The first kappa shape index (κ1) is 11.0. The van der Waals surface area contributed by atoms with Crippen LogP contribution >= 0.6 is 0 Å². The van der Waals surface area contributed by atoms with Crippen LogP contribution in [0.4, 0.5) is 0 Å². The summed E-state index contributed by atoms with van der Waals surface area (Å²) in [7, 11) is 3.76. The van der Waals surface area contributed by atoms with Gasteiger partial charge in [0.25, 0.3) is 0 Å². The summed E-state index contributed by atoms with van der Waals surface area (Å²) in [6, 6.07) is 2.30. The van der Waals surface area contributed by atoms with E-state index in [2.05, 4.69) is 11.0 Å². The highest BCUT2D eigenvalue weighted by Crippen LogP contribution is 2.26. The van der Waals surface area contributed by atoms with E-state index in [1.165, 1.54) is 6.92 Å². The van der Waals surface area contributed by atoms with Crippen molar-refractivity contribution in [3.8, 4) is 6.07 Å². The highest BCUT2D eigenvalue weighted by Gasteiger charge is 2.38. The number of rotatable bonds is 1. The number of piperidine rings is 1. The summed E-state index contributed by atoms with van der Waals surface area (Å²) < 4.78 is 0. The molecule has 4 nitrogen and oxygen atoms in total. The molecule has 1 aliphatic rings. The molecule has 1 aliphatic heterocycles. The molecule has 0 aromatic heterocycles. The summed E-state index contributed by atoms with van der Waals surface area (Å²) in [5.41, 5.74) is -0.571. The van der Waals surface area contributed by atoms with E-state index in [-0.39, 0.29) is 5.91 Å². The van der Waals surface area contributed by atoms with Crippen molar-refractivity contribution in [1.29, 1.82) is 5.26 Å². The Morgan fingerprint density at radius 1 is 1.50 bits per heavy atom. The van der Waals surface area contributed by atoms with Crippen LogP contribution in [0, 0.1) is 11.3 Å². The standard InChI is InChI=1S/C10H17N3O/c1-9(14)13(3)10(8-11)4-6-12(2)7-5-10/h4-7H2,1-3H3. The molecule has 1 fully saturated rings. The average Bonchev–Trinajstić information content (AvgIpc) is 2.18. The zero-order valence-corrected chi connectivity index (χ0v) is 9.08. The number of carbonyl (C=O) groups is 1. The fourth-order valence-electron chi connectivity index (χ4n) is 1.81. The van der Waals surface area contributed by atoms with Crippen LogP contribution in [-0.2, 0) is 4.79 Å². The SMILES string of the molecule is CC(=O)N(C)C1(C#N)CCN(C)CC1. The smallest absolute Gasteiger partial charge is 0.220 e. The van der Waals surface area contributed by atoms with Gasteiger partial charge in [0.1, 0.15) is 5.54 Å². The molecule has 1 saturated heterocycles. The van der Waals surface area contributed by atoms with Crippen molar-refractivity contribution >= 4 is 5.91 Å². The molecular formula is C10H17N3O. The summed E-state index contributed by atoms with van der Waals surface area (Å²) in [4.78, 5) is 15.0. The van der Waals surface area contributed by atoms with Crippen molar-refractivity contribution in [3.63, 3.8) is 0 Å². The van der Waals surface area contributed by atoms with Crippen LogP contribution in [0.1, 0.15) is 19.8 Å². The normalized spacial score (nSPS) is 21.3. The molecule has 0 aromatic carbocycles. The predicted octanol–water partition coefficient (Wildman–Crippen LogP) is 0.453. The van der Waals surface area contributed by atoms with Crippen molar-refractivity contribution in [2.45, 2.75) is 25.3 Å². The molecule has 0 spiro atoms. The first-order valence-electron chi connectivity index (χ1n) is 4.86. The number of carbonyl (C=O) groups excluding carboxylic acids is 1. The van der Waals surface area contributed by atoms with Crippen LogP contribution in [0.25, 0.3) is 0 Å². The molecule has 0 aliphatic carbocycles. The van der Waals surface area contributed by atoms with E-state index in [1.54, 1.807) is 11.9 Å². The molecule has 0 atom stereocenters. The summed E-state index contributed by atoms with van der Waals surface area (Å²) in [5.74, 6) is -0.0314. The predicted molar refractivity (Wildman–Crippen MR) is 53.5 cm³/mol. The Morgan fingerprint density at radius 3 is 2.36 bits per heavy atom. The maximum Gasteiger partial charge on any atom is 0.220 e. The van der Waals surface area contributed by atoms with Gasteiger partial charge in [-0.2, -0.15) is 5.26 Å². The second-order valence-corrected chi connectivity index (χ2v) is 4.02. The molecule has 0 bridgehead atoms. The van der Waals surface area contributed by atoms with E-state index in [0.717, 1.165) is 25.9 Å². The van der Waals surface area contributed by atoms with Crippen molar-refractivity contribution in [1.82, 2.24) is 9.80 Å². The number of nitriles is 1. The summed E-state index contributed by atoms with van der Waals surface area (Å²) in [6.45, 7) is 3.27. The third-order valence-corrected chi connectivity index (χ3v) is 3.14. The van der Waals surface area contributed by atoms with Crippen LogP contribution in [0.15, 0.2) is 0 Å². The Labute approximate surface area is 85.1 Å². The highest BCUT2D eigenvalue weighted by molar-refractivity contribution is 5.74. The minimum atomic E-state index is -0.571. The van der Waals surface area contributed by atoms with Gasteiger partial charge >= 0.3 is 0 Å². The molecule has 0 N–H and O–H groups in total. The molecule has 1 heterocycles. The molecule has 0 radical (unpaired) electrons. The third-order valence-electron chi connectivity index (χ3n) is 3.14. The Kier molecular flexibility index (Phi) is 3.12. The quantitative estimate of drug-likeness (QED) is 0.610. The molecule has 0 unspecified atom stereocenters. The fraction of sp³-hybridized carbons (Fsp3) is 0.800. The lowest BCUT2D eigenvalue weighted by Crippen LogP contribution is -2.53. The first-order chi connectivity index (χ1) is 6.52. The van der Waals surface area contributed by atoms with Crippen LogP contribution < -0.4 is 0 Å². The Morgan fingerprint density at radius 2 is 2.00 bits per heavy atom. The van der Waals surface area contributed by atoms with Crippen LogP contribution in [0.3, 0.4) is 0 Å². The number of likely N-dealkylation sites (tertiary alicyclic amines) is 1. The maximum atomic E-state index is 11.2. The van der Waals surface area contributed by atoms with E-state index in [9.17, 15) is 10.1 Å². The lowest BCUT2D eigenvalue weighted by molar-refractivity contribution is -0.132. The van der Waals surface area contributed by atoms with Gasteiger partial charge in [0.15, 0.2) is 0 Å². The molecule has 78 valence electrons. The Hall–Kier alpha value is -1.08. The van der Waals surface area contributed by atoms with E-state index < -0.39 is 5.54 Å². The molecule has 4 heteroatoms. The lowest BCUT2D eigenvalue weighted by atomic mass is 9.87. The molecule has 0 aromatic rings. The molecule has 14 heavy (non-hydrogen) atoms. The van der Waals surface area contributed by atoms with Crippen molar-refractivity contribution in [3.05, 3.63) is 0 Å². The van der Waals surface area contributed by atoms with E-state index >= 15 is 0 Å². The zero-order valence-electron chi connectivity index (χ0n) is 9.08. The fourth-order valence-corrected chi connectivity index (χ4v) is 1.81. The molecular weight excluding hydrogens is 178 g/mol. The van der Waals surface area contributed by atoms with Gasteiger partial charge in [-0.1, -0.05) is 0 Å². The Bertz CT molecular complexity index is 261. The summed E-state index contributed by atoms with van der Waals surface area (Å²) in [5, 5.41) is 9.18. The number of hydrogen-bond acceptors (Lipinski definition) is 3. The maximum absolute atomic E-state index is 11.2. The monoisotopic (exact) mass is 195 g/mol. The second-order valence-electron chi connectivity index (χ2n) is 4.02. The van der Waals surface area contributed by atoms with Crippen molar-refractivity contribution < 1.29 is 4.79 Å². The van der Waals surface area contributed by atoms with Gasteiger partial charge < -0.3 is 9.80 Å². The minimum absolute atomic E-state index is 0.0314. The Balaban J connectivity index is 2.78. The van der Waals surface area contributed by atoms with Gasteiger partial charge in [-0.05, 0) is 19.9 Å². The van der Waals surface area contributed by atoms with Crippen LogP contribution in [-0.4, -0.2) is 48.4 Å². The van der Waals surface area contributed by atoms with Crippen molar-refractivity contribution in [2.75, 3.05) is 27.2 Å². The molecule has 0 saturated carbocycles. The van der Waals surface area contributed by atoms with Gasteiger partial charge in [-0.3, -0.25) is 4.79 Å². The van der Waals surface area contributed by atoms with E-state index in [4.69, 9.17) is 0 Å². The summed E-state index contributed by atoms with van der Waals surface area (Å²) in [6.07, 6.45) is 1.49. The number of hydrogen-bond donors (Lipinski definition) is 0. The number of nitrogens with zero attached hydrogens (tertiary/aromatic N) is 3. The minimum Gasteiger partial charge on any atom is -0.327 e. The van der Waals surface area contributed by atoms with Gasteiger partial charge in [-0.25, -0.2) is 0 Å². The zero-order chi connectivity index (χ0) is 10.8. The second kappa shape index (κ2) is 3.97. The largest absolute Gasteiger partial charge is 0.327 e. The van der Waals surface area contributed by atoms with E-state index in [0.29, 0.717) is 0 Å². The average molecular weight is 195 g/mol. The highest BCUT2D eigenvalue weighted by atomic mass is 16.2. The van der Waals surface area contributed by atoms with Crippen LogP contribution in [0.5, 0.6) is 0 Å². The number of amides is 1. The third kappa shape index (κ3) is 1.88. The van der Waals surface area contributed by atoms with Gasteiger partial charge in [0.05, 0.1) is 6.07 Å². The topological polar surface area (TPSA) is 47.3 Å². The summed E-state index contributed by atoms with van der Waals surface area (Å²) >= 11 is 0. The van der Waals surface area contributed by atoms with Gasteiger partial charge in [0.2, 0.25) is 5.91 Å². The lowest BCUT2D eigenvalue weighted by Gasteiger charge is -2.41. The van der Waals surface area contributed by atoms with E-state index in [1.807, 2.05) is 7.05 Å². The van der Waals surface area contributed by atoms with Gasteiger partial charge in [-0.15, -0.1) is 0 Å². The van der Waals surface area contributed by atoms with Gasteiger partial charge in [0, 0.05) is 27.1 Å². The molecule has 1 amide bonds. The first-order valence-corrected chi connectivity index (χ1v) is 4.86. The van der Waals surface area contributed by atoms with Crippen LogP contribution in [0.2, 0.25) is 0 Å².